The van der Waals surface area contributed by atoms with Gasteiger partial charge in [-0.05, 0) is 55.7 Å². The molecule has 0 aliphatic rings. The smallest absolute Gasteiger partial charge is 0.195 e. The van der Waals surface area contributed by atoms with E-state index in [2.05, 4.69) is 43.8 Å². The molecule has 2 atom stereocenters. The zero-order valence-corrected chi connectivity index (χ0v) is 23.4. The van der Waals surface area contributed by atoms with E-state index in [-0.39, 0.29) is 23.2 Å². The molecule has 0 radical (unpaired) electrons. The first kappa shape index (κ1) is 27.3. The largest absolute Gasteiger partial charge is 0.403 e. The monoisotopic (exact) mass is 515 g/mol. The maximum absolute atomic E-state index is 13.8. The summed E-state index contributed by atoms with van der Waals surface area (Å²) in [6.07, 6.45) is -0.741. The third-order valence-electron chi connectivity index (χ3n) is 6.92. The molecule has 0 bridgehead atoms. The number of hydrogen-bond acceptors (Lipinski definition) is 6. The zero-order valence-electron chi connectivity index (χ0n) is 21.6. The number of ketones is 1. The van der Waals surface area contributed by atoms with E-state index in [4.69, 9.17) is 10.2 Å². The molecule has 2 aromatic carbocycles. The van der Waals surface area contributed by atoms with Gasteiger partial charge >= 0.3 is 0 Å². The van der Waals surface area contributed by atoms with Crippen LogP contribution in [0.25, 0.3) is 11.0 Å². The molecular formula is C26H37N3O4SSi. The fourth-order valence-electron chi connectivity index (χ4n) is 3.59. The molecule has 0 aliphatic heterocycles. The predicted molar refractivity (Wildman–Crippen MR) is 144 cm³/mol. The second kappa shape index (κ2) is 9.97. The average molecular weight is 516 g/mol. The van der Waals surface area contributed by atoms with E-state index in [1.54, 1.807) is 32.0 Å². The number of aromatic nitrogens is 2. The maximum Gasteiger partial charge on any atom is 0.195 e. The Morgan fingerprint density at radius 3 is 2.29 bits per heavy atom. The number of hydrogen-bond donors (Lipinski definition) is 2. The van der Waals surface area contributed by atoms with Crippen LogP contribution in [0.2, 0.25) is 18.1 Å². The van der Waals surface area contributed by atoms with E-state index in [0.29, 0.717) is 16.6 Å². The Labute approximate surface area is 209 Å². The first-order chi connectivity index (χ1) is 16.2. The minimum absolute atomic E-state index is 0.0678. The van der Waals surface area contributed by atoms with Gasteiger partial charge in [0.15, 0.2) is 23.9 Å². The number of benzene rings is 2. The minimum Gasteiger partial charge on any atom is -0.403 e. The average Bonchev–Trinajstić information content (AvgIpc) is 3.19. The van der Waals surface area contributed by atoms with Crippen LogP contribution >= 0.6 is 0 Å². The number of Topliss-reactive ketones (excluding diaryl/α,β-unsaturated/α-hetero) is 1. The summed E-state index contributed by atoms with van der Waals surface area (Å²) in [5.74, 6) is 0.141. The number of H-pyrrole nitrogens is 1. The van der Waals surface area contributed by atoms with Gasteiger partial charge < -0.3 is 15.1 Å². The minimum atomic E-state index is -3.50. The van der Waals surface area contributed by atoms with Crippen molar-refractivity contribution in [3.63, 3.8) is 0 Å². The lowest BCUT2D eigenvalue weighted by Crippen LogP contribution is -2.43. The van der Waals surface area contributed by atoms with Gasteiger partial charge in [-0.2, -0.15) is 0 Å². The Hall–Kier alpha value is -2.33. The number of carbonyl (C=O) groups excluding carboxylic acids is 1. The summed E-state index contributed by atoms with van der Waals surface area (Å²) in [6.45, 7) is 13.9. The third kappa shape index (κ3) is 5.58. The van der Waals surface area contributed by atoms with Crippen LogP contribution in [0.4, 0.5) is 0 Å². The number of carbonyl (C=O) groups is 1. The molecular weight excluding hydrogens is 478 g/mol. The molecule has 0 saturated carbocycles. The first-order valence-electron chi connectivity index (χ1n) is 11.9. The molecule has 35 heavy (non-hydrogen) atoms. The van der Waals surface area contributed by atoms with Crippen LogP contribution in [0.15, 0.2) is 48.5 Å². The molecule has 3 N–H and O–H groups in total. The quantitative estimate of drug-likeness (QED) is 0.294. The molecule has 3 rings (SSSR count). The summed E-state index contributed by atoms with van der Waals surface area (Å²) in [5.41, 5.74) is 8.26. The van der Waals surface area contributed by atoms with Crippen LogP contribution < -0.4 is 5.73 Å². The lowest BCUT2D eigenvalue weighted by Gasteiger charge is -2.39. The number of nitrogens with zero attached hydrogens (tertiary/aromatic N) is 1. The van der Waals surface area contributed by atoms with Crippen molar-refractivity contribution >= 4 is 35.0 Å². The van der Waals surface area contributed by atoms with Crippen LogP contribution in [0.3, 0.4) is 0 Å². The highest BCUT2D eigenvalue weighted by molar-refractivity contribution is 7.92. The van der Waals surface area contributed by atoms with Crippen molar-refractivity contribution in [1.82, 2.24) is 9.97 Å². The Bertz CT molecular complexity index is 1300. The van der Waals surface area contributed by atoms with Gasteiger partial charge in [-0.15, -0.1) is 0 Å². The van der Waals surface area contributed by atoms with Gasteiger partial charge in [0.2, 0.25) is 0 Å². The SMILES string of the molecule is CC(C)S(=O)(=O)C(CN)c1nc2ccc(C(=O)C(O[Si](C)(C)C(C)(C)C)c3ccccc3)cc2[nH]1. The van der Waals surface area contributed by atoms with Crippen molar-refractivity contribution in [2.75, 3.05) is 6.54 Å². The predicted octanol–water partition coefficient (Wildman–Crippen LogP) is 5.33. The molecule has 0 spiro atoms. The van der Waals surface area contributed by atoms with E-state index in [1.807, 2.05) is 30.3 Å². The van der Waals surface area contributed by atoms with Crippen molar-refractivity contribution in [3.05, 3.63) is 65.5 Å². The van der Waals surface area contributed by atoms with Crippen LogP contribution in [0.5, 0.6) is 0 Å². The molecule has 0 amide bonds. The molecule has 3 aromatic rings. The van der Waals surface area contributed by atoms with E-state index in [0.717, 1.165) is 5.56 Å². The number of aromatic amines is 1. The highest BCUT2D eigenvalue weighted by Gasteiger charge is 2.41. The summed E-state index contributed by atoms with van der Waals surface area (Å²) < 4.78 is 32.2. The van der Waals surface area contributed by atoms with Crippen LogP contribution in [0.1, 0.15) is 67.7 Å². The van der Waals surface area contributed by atoms with Crippen molar-refractivity contribution in [2.45, 2.75) is 69.4 Å². The molecule has 1 heterocycles. The van der Waals surface area contributed by atoms with Gasteiger partial charge in [0.05, 0.1) is 16.3 Å². The van der Waals surface area contributed by atoms with E-state index >= 15 is 0 Å². The Kier molecular flexibility index (Phi) is 7.76. The summed E-state index contributed by atoms with van der Waals surface area (Å²) in [4.78, 5) is 21.4. The first-order valence-corrected chi connectivity index (χ1v) is 16.4. The lowest BCUT2D eigenvalue weighted by atomic mass is 10.00. The summed E-state index contributed by atoms with van der Waals surface area (Å²) in [5, 5.41) is -1.59. The molecule has 7 nitrogen and oxygen atoms in total. The highest BCUT2D eigenvalue weighted by atomic mass is 32.2. The second-order valence-corrected chi connectivity index (χ2v) is 18.2. The number of fused-ring (bicyclic) bond motifs is 1. The van der Waals surface area contributed by atoms with E-state index < -0.39 is 34.8 Å². The van der Waals surface area contributed by atoms with Crippen LogP contribution in [-0.4, -0.2) is 44.3 Å². The fourth-order valence-corrected chi connectivity index (χ4v) is 6.12. The highest BCUT2D eigenvalue weighted by Crippen LogP contribution is 2.40. The van der Waals surface area contributed by atoms with Crippen LogP contribution in [-0.2, 0) is 14.3 Å². The summed E-state index contributed by atoms with van der Waals surface area (Å²) in [7, 11) is -5.77. The Morgan fingerprint density at radius 1 is 1.11 bits per heavy atom. The Morgan fingerprint density at radius 2 is 1.74 bits per heavy atom. The third-order valence-corrected chi connectivity index (χ3v) is 13.9. The van der Waals surface area contributed by atoms with E-state index in [1.165, 1.54) is 0 Å². The molecule has 2 unspecified atom stereocenters. The van der Waals surface area contributed by atoms with Crippen molar-refractivity contribution in [3.8, 4) is 0 Å². The lowest BCUT2D eigenvalue weighted by molar-refractivity contribution is 0.0767. The summed E-state index contributed by atoms with van der Waals surface area (Å²) >= 11 is 0. The van der Waals surface area contributed by atoms with Gasteiger partial charge in [-0.1, -0.05) is 51.1 Å². The fraction of sp³-hybridized carbons (Fsp3) is 0.462. The molecule has 0 fully saturated rings. The van der Waals surface area contributed by atoms with Gasteiger partial charge in [0, 0.05) is 12.1 Å². The second-order valence-electron chi connectivity index (χ2n) is 10.7. The number of nitrogens with two attached hydrogens (primary N) is 1. The van der Waals surface area contributed by atoms with Gasteiger partial charge in [-0.3, -0.25) is 4.79 Å². The van der Waals surface area contributed by atoms with Crippen molar-refractivity contribution in [1.29, 1.82) is 0 Å². The number of sulfone groups is 1. The normalized spacial score (nSPS) is 14.9. The van der Waals surface area contributed by atoms with Gasteiger partial charge in [0.25, 0.3) is 0 Å². The molecule has 9 heteroatoms. The van der Waals surface area contributed by atoms with Crippen LogP contribution in [0, 0.1) is 0 Å². The number of nitrogens with one attached hydrogen (secondary N) is 1. The molecule has 190 valence electrons. The molecule has 0 aliphatic carbocycles. The maximum atomic E-state index is 13.8. The topological polar surface area (TPSA) is 115 Å². The number of rotatable bonds is 9. The Balaban J connectivity index is 2.03. The van der Waals surface area contributed by atoms with Crippen molar-refractivity contribution in [2.24, 2.45) is 5.73 Å². The molecule has 1 aromatic heterocycles. The number of imidazole rings is 1. The zero-order chi connectivity index (χ0) is 26.2. The van der Waals surface area contributed by atoms with Gasteiger partial charge in [-0.25, -0.2) is 13.4 Å². The van der Waals surface area contributed by atoms with Gasteiger partial charge in [0.1, 0.15) is 17.2 Å². The van der Waals surface area contributed by atoms with Crippen molar-refractivity contribution < 1.29 is 17.6 Å². The standard InChI is InChI=1S/C26H37N3O4SSi/c1-17(2)34(31,32)22(16-27)25-28-20-14-13-19(15-21(20)29-25)23(30)24(18-11-9-8-10-12-18)33-35(6,7)26(3,4)5/h8-15,17,22,24H,16,27H2,1-7H3,(H,28,29). The van der Waals surface area contributed by atoms with E-state index in [9.17, 15) is 13.2 Å². The molecule has 0 saturated heterocycles. The summed E-state index contributed by atoms with van der Waals surface area (Å²) in [6, 6.07) is 14.7.